The summed E-state index contributed by atoms with van der Waals surface area (Å²) in [6, 6.07) is 0. The molecule has 0 saturated carbocycles. The van der Waals surface area contributed by atoms with Crippen molar-refractivity contribution < 1.29 is 7.56 Å². The third-order valence-corrected chi connectivity index (χ3v) is 34.5. The first-order valence-electron chi connectivity index (χ1n) is 8.93. The van der Waals surface area contributed by atoms with Crippen LogP contribution < -0.4 is 0 Å². The first kappa shape index (κ1) is 22.5. The molecule has 0 spiro atoms. The maximum absolute atomic E-state index is 6.81. The van der Waals surface area contributed by atoms with Crippen LogP contribution in [-0.4, -0.2) is 51.6 Å². The zero-order chi connectivity index (χ0) is 16.2. The second kappa shape index (κ2) is 12.8. The van der Waals surface area contributed by atoms with E-state index in [1.165, 1.54) is 34.6 Å². The summed E-state index contributed by atoms with van der Waals surface area (Å²) in [5, 5.41) is 0. The van der Waals surface area contributed by atoms with Gasteiger partial charge in [0.15, 0.2) is 0 Å². The van der Waals surface area contributed by atoms with Crippen molar-refractivity contribution in [3.63, 3.8) is 0 Å². The molecule has 128 valence electrons. The van der Waals surface area contributed by atoms with Crippen molar-refractivity contribution in [2.45, 2.75) is 85.0 Å². The third-order valence-electron chi connectivity index (χ3n) is 3.62. The fraction of sp³-hybridized carbons (Fsp3) is 1.00. The molecule has 5 heteroatoms. The molecule has 0 fully saturated rings. The molecule has 0 aromatic heterocycles. The van der Waals surface area contributed by atoms with Gasteiger partial charge in [-0.05, 0) is 0 Å². The van der Waals surface area contributed by atoms with Crippen LogP contribution in [0.15, 0.2) is 0 Å². The van der Waals surface area contributed by atoms with Crippen molar-refractivity contribution in [2.24, 2.45) is 0 Å². The second-order valence-corrected chi connectivity index (χ2v) is 28.2. The first-order valence-corrected chi connectivity index (χ1v) is 23.3. The zero-order valence-corrected chi connectivity index (χ0v) is 21.0. The van der Waals surface area contributed by atoms with Gasteiger partial charge in [-0.25, -0.2) is 0 Å². The predicted molar refractivity (Wildman–Crippen MR) is 96.2 cm³/mol. The molecule has 0 N–H and O–H groups in total. The van der Waals surface area contributed by atoms with E-state index in [9.17, 15) is 0 Å². The number of rotatable bonds is 14. The van der Waals surface area contributed by atoms with Crippen molar-refractivity contribution >= 4 is 38.4 Å². The Morgan fingerprint density at radius 1 is 0.619 bits per heavy atom. The molecular weight excluding hydrogens is 478 g/mol. The summed E-state index contributed by atoms with van der Waals surface area (Å²) < 4.78 is 21.8. The molecule has 2 atom stereocenters. The van der Waals surface area contributed by atoms with Crippen molar-refractivity contribution in [3.05, 3.63) is 0 Å². The van der Waals surface area contributed by atoms with Crippen LogP contribution in [0.1, 0.15) is 66.2 Å². The van der Waals surface area contributed by atoms with Crippen molar-refractivity contribution in [1.82, 2.24) is 0 Å². The molecule has 0 amide bonds. The standard InChI is InChI=1S/2C4H9.2C3H7O.2CH3.O.2Sn/c2*1-3-4-2;2*1-2-3-4;;;;;/h2*1,3-4H2,2H3;2*2-3H2,1H3;2*1H3;;;/q;;2*-1;;;;2*+1. The molecule has 2 unspecified atom stereocenters. The van der Waals surface area contributed by atoms with Crippen molar-refractivity contribution in [2.75, 3.05) is 13.2 Å². The second-order valence-electron chi connectivity index (χ2n) is 6.27. The molecular formula is C16H38O3Sn2. The van der Waals surface area contributed by atoms with E-state index in [4.69, 9.17) is 7.56 Å². The van der Waals surface area contributed by atoms with E-state index in [1.54, 1.807) is 0 Å². The maximum atomic E-state index is 6.81. The Kier molecular flexibility index (Phi) is 13.8. The summed E-state index contributed by atoms with van der Waals surface area (Å²) in [7, 11) is 0. The van der Waals surface area contributed by atoms with Crippen molar-refractivity contribution in [3.8, 4) is 0 Å². The Balaban J connectivity index is 4.80. The molecule has 0 heterocycles. The Hall–Kier alpha value is 1.48. The van der Waals surface area contributed by atoms with Gasteiger partial charge in [0.05, 0.1) is 0 Å². The van der Waals surface area contributed by atoms with E-state index in [1.807, 2.05) is 0 Å². The summed E-state index contributed by atoms with van der Waals surface area (Å²) in [4.78, 5) is 4.66. The third kappa shape index (κ3) is 10.8. The van der Waals surface area contributed by atoms with Crippen LogP contribution in [0.3, 0.4) is 0 Å². The summed E-state index contributed by atoms with van der Waals surface area (Å²) in [6.07, 6.45) is 7.09. The van der Waals surface area contributed by atoms with Gasteiger partial charge in [0.1, 0.15) is 0 Å². The number of hydrogen-bond donors (Lipinski definition) is 0. The zero-order valence-electron chi connectivity index (χ0n) is 15.3. The van der Waals surface area contributed by atoms with Crippen LogP contribution in [0.4, 0.5) is 0 Å². The van der Waals surface area contributed by atoms with Crippen molar-refractivity contribution in [1.29, 1.82) is 0 Å². The minimum atomic E-state index is -2.88. The molecule has 0 radical (unpaired) electrons. The first-order chi connectivity index (χ1) is 9.95. The molecule has 0 saturated heterocycles. The topological polar surface area (TPSA) is 27.7 Å². The van der Waals surface area contributed by atoms with E-state index < -0.39 is 38.4 Å². The summed E-state index contributed by atoms with van der Waals surface area (Å²) >= 11 is -5.77. The summed E-state index contributed by atoms with van der Waals surface area (Å²) in [5.41, 5.74) is 0. The van der Waals surface area contributed by atoms with Crippen LogP contribution in [0.2, 0.25) is 18.8 Å². The van der Waals surface area contributed by atoms with Gasteiger partial charge in [-0.15, -0.1) is 0 Å². The number of hydrogen-bond acceptors (Lipinski definition) is 3. The molecule has 0 bridgehead atoms. The molecule has 0 rings (SSSR count). The molecule has 0 aromatic carbocycles. The normalized spacial score (nSPS) is 17.4. The van der Waals surface area contributed by atoms with Gasteiger partial charge in [-0.2, -0.15) is 0 Å². The van der Waals surface area contributed by atoms with Crippen LogP contribution in [0.25, 0.3) is 0 Å². The summed E-state index contributed by atoms with van der Waals surface area (Å²) in [5.74, 6) is 0. The minimum absolute atomic E-state index is 0.861. The van der Waals surface area contributed by atoms with Gasteiger partial charge in [-0.3, -0.25) is 0 Å². The Bertz CT molecular complexity index is 210. The molecule has 0 aromatic rings. The predicted octanol–water partition coefficient (Wildman–Crippen LogP) is 5.60. The van der Waals surface area contributed by atoms with Gasteiger partial charge in [0, 0.05) is 0 Å². The fourth-order valence-corrected chi connectivity index (χ4v) is 39.7. The Morgan fingerprint density at radius 2 is 1.00 bits per heavy atom. The van der Waals surface area contributed by atoms with E-state index in [2.05, 4.69) is 37.6 Å². The van der Waals surface area contributed by atoms with Gasteiger partial charge >= 0.3 is 144 Å². The van der Waals surface area contributed by atoms with Crippen LogP contribution in [0, 0.1) is 0 Å². The average Bonchev–Trinajstić information content (AvgIpc) is 2.47. The van der Waals surface area contributed by atoms with E-state index in [0.29, 0.717) is 0 Å². The van der Waals surface area contributed by atoms with Gasteiger partial charge in [-0.1, -0.05) is 0 Å². The molecule has 3 nitrogen and oxygen atoms in total. The van der Waals surface area contributed by atoms with Crippen LogP contribution >= 0.6 is 0 Å². The number of unbranched alkanes of at least 4 members (excludes halogenated alkanes) is 2. The van der Waals surface area contributed by atoms with E-state index in [0.717, 1.165) is 26.1 Å². The SMILES string of the molecule is CCC[CH2][Sn]([CH3])([O]CCC)[O][Sn]([CH3])([CH2]CCC)[O]CCC. The fourth-order valence-electron chi connectivity index (χ4n) is 2.39. The molecule has 0 aliphatic rings. The van der Waals surface area contributed by atoms with Gasteiger partial charge in [0.25, 0.3) is 0 Å². The Morgan fingerprint density at radius 3 is 1.29 bits per heavy atom. The van der Waals surface area contributed by atoms with E-state index in [-0.39, 0.29) is 0 Å². The molecule has 21 heavy (non-hydrogen) atoms. The molecule has 0 aliphatic carbocycles. The summed E-state index contributed by atoms with van der Waals surface area (Å²) in [6.45, 7) is 10.6. The van der Waals surface area contributed by atoms with Crippen LogP contribution in [0.5, 0.6) is 0 Å². The van der Waals surface area contributed by atoms with Gasteiger partial charge in [0.2, 0.25) is 0 Å². The quantitative estimate of drug-likeness (QED) is 0.282. The Labute approximate surface area is 143 Å². The van der Waals surface area contributed by atoms with Crippen LogP contribution in [-0.2, 0) is 7.56 Å². The van der Waals surface area contributed by atoms with E-state index >= 15 is 0 Å². The van der Waals surface area contributed by atoms with Gasteiger partial charge < -0.3 is 0 Å². The average molecular weight is 516 g/mol. The monoisotopic (exact) mass is 518 g/mol. The molecule has 0 aliphatic heterocycles.